The molecule has 0 aromatic heterocycles. The molecule has 1 unspecified atom stereocenters. The zero-order valence-corrected chi connectivity index (χ0v) is 18.8. The first-order valence-electron chi connectivity index (χ1n) is 11.1. The molecule has 0 spiro atoms. The van der Waals surface area contributed by atoms with Gasteiger partial charge in [-0.3, -0.25) is 9.59 Å². The maximum Gasteiger partial charge on any atom is 0.407 e. The highest BCUT2D eigenvalue weighted by Gasteiger charge is 2.26. The van der Waals surface area contributed by atoms with Gasteiger partial charge in [0, 0.05) is 6.54 Å². The summed E-state index contributed by atoms with van der Waals surface area (Å²) in [6.45, 7) is 6.60. The predicted octanol–water partition coefficient (Wildman–Crippen LogP) is 4.15. The average Bonchev–Trinajstić information content (AvgIpc) is 2.75. The average molecular weight is 434 g/mol. The van der Waals surface area contributed by atoms with Gasteiger partial charge in [-0.1, -0.05) is 38.1 Å². The summed E-state index contributed by atoms with van der Waals surface area (Å²) in [5, 5.41) is 11.7. The lowest BCUT2D eigenvalue weighted by atomic mass is 9.82. The topological polar surface area (TPSA) is 102 Å². The van der Waals surface area contributed by atoms with Crippen molar-refractivity contribution in [2.24, 2.45) is 17.8 Å². The van der Waals surface area contributed by atoms with Crippen LogP contribution in [-0.2, 0) is 25.5 Å². The molecule has 1 atom stereocenters. The Morgan fingerprint density at radius 2 is 1.61 bits per heavy atom. The molecule has 7 heteroatoms. The first kappa shape index (κ1) is 24.7. The molecule has 0 bridgehead atoms. The second-order valence-electron chi connectivity index (χ2n) is 8.80. The van der Waals surface area contributed by atoms with Crippen molar-refractivity contribution in [3.8, 4) is 0 Å². The minimum atomic E-state index is -0.738. The van der Waals surface area contributed by atoms with Gasteiger partial charge in [-0.15, -0.1) is 0 Å². The fourth-order valence-electron chi connectivity index (χ4n) is 3.84. The van der Waals surface area contributed by atoms with Gasteiger partial charge in [-0.05, 0) is 62.0 Å². The Morgan fingerprint density at radius 3 is 2.19 bits per heavy atom. The molecule has 31 heavy (non-hydrogen) atoms. The Labute approximate surface area is 184 Å². The molecule has 0 heterocycles. The van der Waals surface area contributed by atoms with E-state index in [1.165, 1.54) is 5.56 Å². The van der Waals surface area contributed by atoms with Crippen molar-refractivity contribution in [1.82, 2.24) is 5.32 Å². The standard InChI is InChI=1S/C24H35NO6/c1-16(2)14-18-4-8-20(9-5-18)17(3)23(28)30-12-13-31-24(29)25-15-19-6-10-21(11-7-19)22(26)27/h4-5,8-9,16-17,19,21H,6-7,10-15H2,1-3H3,(H,25,29)(H,26,27)/t17?,19-,21-. The monoisotopic (exact) mass is 433 g/mol. The normalized spacial score (nSPS) is 19.5. The van der Waals surface area contributed by atoms with Crippen LogP contribution in [0.1, 0.15) is 63.5 Å². The molecule has 0 aliphatic heterocycles. The number of rotatable bonds is 10. The summed E-state index contributed by atoms with van der Waals surface area (Å²) in [5.41, 5.74) is 2.14. The Bertz CT molecular complexity index is 722. The summed E-state index contributed by atoms with van der Waals surface area (Å²) in [6, 6.07) is 8.00. The second-order valence-corrected chi connectivity index (χ2v) is 8.80. The highest BCUT2D eigenvalue weighted by molar-refractivity contribution is 5.77. The van der Waals surface area contributed by atoms with Crippen LogP contribution in [-0.4, -0.2) is 42.9 Å². The number of amides is 1. The minimum absolute atomic E-state index is 0.00570. The number of carbonyl (C=O) groups is 3. The molecule has 0 radical (unpaired) electrons. The quantitative estimate of drug-likeness (QED) is 0.425. The molecule has 1 aliphatic rings. The predicted molar refractivity (Wildman–Crippen MR) is 117 cm³/mol. The highest BCUT2D eigenvalue weighted by Crippen LogP contribution is 2.28. The third-order valence-electron chi connectivity index (χ3n) is 5.77. The highest BCUT2D eigenvalue weighted by atomic mass is 16.6. The molecule has 172 valence electrons. The van der Waals surface area contributed by atoms with Gasteiger partial charge in [0.2, 0.25) is 0 Å². The van der Waals surface area contributed by atoms with Gasteiger partial charge >= 0.3 is 18.0 Å². The van der Waals surface area contributed by atoms with Gasteiger partial charge < -0.3 is 19.9 Å². The largest absolute Gasteiger partial charge is 0.481 e. The van der Waals surface area contributed by atoms with Gasteiger partial charge in [-0.2, -0.15) is 0 Å². The number of hydrogen-bond donors (Lipinski definition) is 2. The fourth-order valence-corrected chi connectivity index (χ4v) is 3.84. The number of benzene rings is 1. The first-order valence-corrected chi connectivity index (χ1v) is 11.1. The molecule has 1 saturated carbocycles. The summed E-state index contributed by atoms with van der Waals surface area (Å²) in [7, 11) is 0. The van der Waals surface area contributed by atoms with Crippen LogP contribution in [0.2, 0.25) is 0 Å². The van der Waals surface area contributed by atoms with Crippen LogP contribution >= 0.6 is 0 Å². The summed E-state index contributed by atoms with van der Waals surface area (Å²) < 4.78 is 10.3. The molecule has 1 aromatic carbocycles. The second kappa shape index (κ2) is 12.3. The number of alkyl carbamates (subject to hydrolysis) is 1. The van der Waals surface area contributed by atoms with Gasteiger partial charge in [0.1, 0.15) is 13.2 Å². The van der Waals surface area contributed by atoms with Crippen molar-refractivity contribution in [2.75, 3.05) is 19.8 Å². The van der Waals surface area contributed by atoms with Crippen LogP contribution in [0.15, 0.2) is 24.3 Å². The smallest absolute Gasteiger partial charge is 0.407 e. The van der Waals surface area contributed by atoms with E-state index < -0.39 is 12.1 Å². The lowest BCUT2D eigenvalue weighted by Crippen LogP contribution is -2.33. The zero-order valence-electron chi connectivity index (χ0n) is 18.8. The molecular weight excluding hydrogens is 398 g/mol. The number of nitrogens with one attached hydrogen (secondary N) is 1. The van der Waals surface area contributed by atoms with E-state index in [2.05, 4.69) is 19.2 Å². The fraction of sp³-hybridized carbons (Fsp3) is 0.625. The van der Waals surface area contributed by atoms with E-state index >= 15 is 0 Å². The zero-order chi connectivity index (χ0) is 22.8. The van der Waals surface area contributed by atoms with Crippen LogP contribution in [0.3, 0.4) is 0 Å². The Morgan fingerprint density at radius 1 is 1.00 bits per heavy atom. The number of aliphatic carboxylic acids is 1. The molecule has 1 fully saturated rings. The Kier molecular flexibility index (Phi) is 9.82. The first-order chi connectivity index (χ1) is 14.8. The van der Waals surface area contributed by atoms with Crippen LogP contribution in [0.4, 0.5) is 4.79 Å². The van der Waals surface area contributed by atoms with Crippen molar-refractivity contribution in [3.63, 3.8) is 0 Å². The molecular formula is C24H35NO6. The van der Waals surface area contributed by atoms with Crippen molar-refractivity contribution < 1.29 is 29.0 Å². The number of esters is 1. The van der Waals surface area contributed by atoms with Gasteiger partial charge in [0.15, 0.2) is 0 Å². The lowest BCUT2D eigenvalue weighted by molar-refractivity contribution is -0.146. The van der Waals surface area contributed by atoms with E-state index in [-0.39, 0.29) is 36.9 Å². The lowest BCUT2D eigenvalue weighted by Gasteiger charge is -2.25. The van der Waals surface area contributed by atoms with E-state index in [4.69, 9.17) is 14.6 Å². The number of hydrogen-bond acceptors (Lipinski definition) is 5. The van der Waals surface area contributed by atoms with Crippen molar-refractivity contribution >= 4 is 18.0 Å². The molecule has 2 N–H and O–H groups in total. The number of carboxylic acid groups (broad SMARTS) is 1. The third kappa shape index (κ3) is 8.59. The SMILES string of the molecule is CC(C)Cc1ccc(C(C)C(=O)OCCOC(=O)NC[C@H]2CC[C@H](C(=O)O)CC2)cc1. The van der Waals surface area contributed by atoms with Gasteiger partial charge in [-0.25, -0.2) is 4.79 Å². The number of carbonyl (C=O) groups excluding carboxylic acids is 2. The van der Waals surface area contributed by atoms with Crippen LogP contribution in [0.5, 0.6) is 0 Å². The van der Waals surface area contributed by atoms with Crippen LogP contribution in [0.25, 0.3) is 0 Å². The molecule has 1 amide bonds. The van der Waals surface area contributed by atoms with E-state index in [1.807, 2.05) is 24.3 Å². The Balaban J connectivity index is 1.60. The number of carboxylic acids is 1. The molecule has 2 rings (SSSR count). The van der Waals surface area contributed by atoms with Crippen molar-refractivity contribution in [3.05, 3.63) is 35.4 Å². The van der Waals surface area contributed by atoms with Crippen molar-refractivity contribution in [2.45, 2.75) is 58.8 Å². The molecule has 0 saturated heterocycles. The summed E-state index contributed by atoms with van der Waals surface area (Å²) in [6.07, 6.45) is 3.31. The molecule has 7 nitrogen and oxygen atoms in total. The molecule has 1 aromatic rings. The van der Waals surface area contributed by atoms with E-state index in [0.29, 0.717) is 25.3 Å². The van der Waals surface area contributed by atoms with Crippen LogP contribution < -0.4 is 5.32 Å². The van der Waals surface area contributed by atoms with E-state index in [9.17, 15) is 14.4 Å². The van der Waals surface area contributed by atoms with Gasteiger partial charge in [0.25, 0.3) is 0 Å². The molecule has 1 aliphatic carbocycles. The summed E-state index contributed by atoms with van der Waals surface area (Å²) in [4.78, 5) is 35.0. The van der Waals surface area contributed by atoms with Gasteiger partial charge in [0.05, 0.1) is 11.8 Å². The van der Waals surface area contributed by atoms with Crippen molar-refractivity contribution in [1.29, 1.82) is 0 Å². The maximum absolute atomic E-state index is 12.2. The van der Waals surface area contributed by atoms with E-state index in [1.54, 1.807) is 6.92 Å². The third-order valence-corrected chi connectivity index (χ3v) is 5.77. The van der Waals surface area contributed by atoms with Crippen LogP contribution in [0, 0.1) is 17.8 Å². The maximum atomic E-state index is 12.2. The number of ether oxygens (including phenoxy) is 2. The van der Waals surface area contributed by atoms with E-state index in [0.717, 1.165) is 24.8 Å². The minimum Gasteiger partial charge on any atom is -0.481 e. The summed E-state index contributed by atoms with van der Waals surface area (Å²) in [5.74, 6) is -0.888. The summed E-state index contributed by atoms with van der Waals surface area (Å²) >= 11 is 0. The Hall–Kier alpha value is -2.57.